The van der Waals surface area contributed by atoms with E-state index in [1.165, 1.54) is 64.7 Å². The van der Waals surface area contributed by atoms with Crippen LogP contribution < -0.4 is 5.32 Å². The van der Waals surface area contributed by atoms with E-state index in [4.69, 9.17) is 0 Å². The normalized spacial score (nSPS) is 39.5. The van der Waals surface area contributed by atoms with Crippen LogP contribution in [0.5, 0.6) is 0 Å². The van der Waals surface area contributed by atoms with Crippen molar-refractivity contribution in [2.45, 2.75) is 64.8 Å². The summed E-state index contributed by atoms with van der Waals surface area (Å²) in [6.07, 6.45) is 8.41. The Hall–Kier alpha value is -0.0800. The van der Waals surface area contributed by atoms with Gasteiger partial charge in [0, 0.05) is 18.6 Å². The Balaban J connectivity index is 1.90. The maximum atomic E-state index is 3.74. The predicted octanol–water partition coefficient (Wildman–Crippen LogP) is 3.28. The largest absolute Gasteiger partial charge is 0.310 e. The molecule has 1 N–H and O–H groups in total. The fourth-order valence-corrected chi connectivity index (χ4v) is 3.71. The molecular weight excluding hydrogens is 220 g/mol. The number of nitrogens with one attached hydrogen (secondary N) is 1. The van der Waals surface area contributed by atoms with Crippen molar-refractivity contribution in [3.63, 3.8) is 0 Å². The minimum atomic E-state index is 0.342. The highest BCUT2D eigenvalue weighted by Crippen LogP contribution is 2.30. The van der Waals surface area contributed by atoms with Gasteiger partial charge < -0.3 is 10.2 Å². The first-order valence-corrected chi connectivity index (χ1v) is 8.10. The Labute approximate surface area is 114 Å². The van der Waals surface area contributed by atoms with Gasteiger partial charge in [0.2, 0.25) is 0 Å². The molecule has 106 valence electrons. The summed E-state index contributed by atoms with van der Waals surface area (Å²) in [7, 11) is 0. The van der Waals surface area contributed by atoms with E-state index in [1.54, 1.807) is 0 Å². The van der Waals surface area contributed by atoms with Crippen LogP contribution in [0.2, 0.25) is 0 Å². The molecule has 3 atom stereocenters. The van der Waals surface area contributed by atoms with Crippen molar-refractivity contribution < 1.29 is 0 Å². The van der Waals surface area contributed by atoms with Gasteiger partial charge in [0.25, 0.3) is 0 Å². The highest BCUT2D eigenvalue weighted by molar-refractivity contribution is 4.89. The molecule has 1 aliphatic carbocycles. The van der Waals surface area contributed by atoms with Crippen LogP contribution in [0.15, 0.2) is 0 Å². The Bertz CT molecular complexity index is 253. The molecule has 1 saturated heterocycles. The minimum Gasteiger partial charge on any atom is -0.310 e. The monoisotopic (exact) mass is 252 g/mol. The molecule has 0 aromatic carbocycles. The predicted molar refractivity (Wildman–Crippen MR) is 78.9 cm³/mol. The molecule has 0 amide bonds. The molecule has 2 rings (SSSR count). The molecule has 1 aliphatic heterocycles. The zero-order chi connectivity index (χ0) is 13.0. The summed E-state index contributed by atoms with van der Waals surface area (Å²) >= 11 is 0. The molecule has 2 nitrogen and oxygen atoms in total. The van der Waals surface area contributed by atoms with E-state index in [2.05, 4.69) is 31.0 Å². The van der Waals surface area contributed by atoms with Crippen molar-refractivity contribution in [3.8, 4) is 0 Å². The summed E-state index contributed by atoms with van der Waals surface area (Å²) < 4.78 is 0. The molecule has 0 aromatic rings. The van der Waals surface area contributed by atoms with Gasteiger partial charge in [-0.2, -0.15) is 0 Å². The van der Waals surface area contributed by atoms with Gasteiger partial charge in [-0.1, -0.05) is 33.1 Å². The van der Waals surface area contributed by atoms with Crippen molar-refractivity contribution in [1.29, 1.82) is 0 Å². The SMILES string of the molecule is CCC1(C)CN(CC2CCCCC2C)CCCN1. The summed E-state index contributed by atoms with van der Waals surface area (Å²) in [5, 5.41) is 3.74. The van der Waals surface area contributed by atoms with Crippen LogP contribution in [0.4, 0.5) is 0 Å². The molecule has 2 heteroatoms. The maximum absolute atomic E-state index is 3.74. The second-order valence-corrected chi connectivity index (χ2v) is 6.95. The lowest BCUT2D eigenvalue weighted by molar-refractivity contribution is 0.140. The highest BCUT2D eigenvalue weighted by Gasteiger charge is 2.30. The minimum absolute atomic E-state index is 0.342. The molecule has 3 unspecified atom stereocenters. The molecule has 1 heterocycles. The van der Waals surface area contributed by atoms with Gasteiger partial charge in [-0.3, -0.25) is 0 Å². The summed E-state index contributed by atoms with van der Waals surface area (Å²) in [4.78, 5) is 2.75. The van der Waals surface area contributed by atoms with E-state index >= 15 is 0 Å². The average Bonchev–Trinajstić information content (AvgIpc) is 2.55. The fourth-order valence-electron chi connectivity index (χ4n) is 3.71. The second kappa shape index (κ2) is 6.38. The van der Waals surface area contributed by atoms with E-state index < -0.39 is 0 Å². The van der Waals surface area contributed by atoms with Crippen LogP contribution in [-0.4, -0.2) is 36.6 Å². The topological polar surface area (TPSA) is 15.3 Å². The van der Waals surface area contributed by atoms with E-state index in [1.807, 2.05) is 0 Å². The lowest BCUT2D eigenvalue weighted by atomic mass is 9.80. The van der Waals surface area contributed by atoms with E-state index in [0.717, 1.165) is 11.8 Å². The van der Waals surface area contributed by atoms with Crippen LogP contribution in [0, 0.1) is 11.8 Å². The first-order valence-electron chi connectivity index (χ1n) is 8.10. The third-order valence-corrected chi connectivity index (χ3v) is 5.34. The van der Waals surface area contributed by atoms with Crippen LogP contribution >= 0.6 is 0 Å². The molecule has 2 aliphatic rings. The van der Waals surface area contributed by atoms with Crippen molar-refractivity contribution in [2.75, 3.05) is 26.2 Å². The van der Waals surface area contributed by atoms with Crippen molar-refractivity contribution in [1.82, 2.24) is 10.2 Å². The number of hydrogen-bond acceptors (Lipinski definition) is 2. The standard InChI is InChI=1S/C16H32N2/c1-4-16(3)13-18(11-7-10-17-16)12-15-9-6-5-8-14(15)2/h14-15,17H,4-13H2,1-3H3. The molecular formula is C16H32N2. The summed E-state index contributed by atoms with van der Waals surface area (Å²) in [5.74, 6) is 1.90. The van der Waals surface area contributed by atoms with Crippen LogP contribution in [0.1, 0.15) is 59.3 Å². The van der Waals surface area contributed by atoms with Crippen molar-refractivity contribution >= 4 is 0 Å². The summed E-state index contributed by atoms with van der Waals surface area (Å²) in [6.45, 7) is 12.3. The zero-order valence-electron chi connectivity index (χ0n) is 12.7. The van der Waals surface area contributed by atoms with Gasteiger partial charge in [-0.15, -0.1) is 0 Å². The molecule has 0 bridgehead atoms. The molecule has 2 fully saturated rings. The highest BCUT2D eigenvalue weighted by atomic mass is 15.2. The van der Waals surface area contributed by atoms with Gasteiger partial charge in [-0.25, -0.2) is 0 Å². The quantitative estimate of drug-likeness (QED) is 0.829. The van der Waals surface area contributed by atoms with Crippen molar-refractivity contribution in [2.24, 2.45) is 11.8 Å². The van der Waals surface area contributed by atoms with E-state index in [0.29, 0.717) is 5.54 Å². The number of hydrogen-bond donors (Lipinski definition) is 1. The molecule has 1 saturated carbocycles. The number of nitrogens with zero attached hydrogens (tertiary/aromatic N) is 1. The van der Waals surface area contributed by atoms with Gasteiger partial charge in [-0.05, 0) is 51.1 Å². The van der Waals surface area contributed by atoms with Gasteiger partial charge >= 0.3 is 0 Å². The molecule has 0 aromatic heterocycles. The van der Waals surface area contributed by atoms with Gasteiger partial charge in [0.05, 0.1) is 0 Å². The van der Waals surface area contributed by atoms with E-state index in [-0.39, 0.29) is 0 Å². The average molecular weight is 252 g/mol. The molecule has 18 heavy (non-hydrogen) atoms. The Morgan fingerprint density at radius 3 is 2.72 bits per heavy atom. The first kappa shape index (κ1) is 14.3. The van der Waals surface area contributed by atoms with Crippen LogP contribution in [0.25, 0.3) is 0 Å². The lowest BCUT2D eigenvalue weighted by Gasteiger charge is -2.37. The molecule has 0 spiro atoms. The molecule has 0 radical (unpaired) electrons. The number of rotatable bonds is 3. The third kappa shape index (κ3) is 3.71. The van der Waals surface area contributed by atoms with Gasteiger partial charge in [0.1, 0.15) is 0 Å². The lowest BCUT2D eigenvalue weighted by Crippen LogP contribution is -2.49. The van der Waals surface area contributed by atoms with Gasteiger partial charge in [0.15, 0.2) is 0 Å². The second-order valence-electron chi connectivity index (χ2n) is 6.95. The van der Waals surface area contributed by atoms with Crippen molar-refractivity contribution in [3.05, 3.63) is 0 Å². The summed E-state index contributed by atoms with van der Waals surface area (Å²) in [6, 6.07) is 0. The summed E-state index contributed by atoms with van der Waals surface area (Å²) in [5.41, 5.74) is 0.342. The smallest absolute Gasteiger partial charge is 0.0277 e. The Kier molecular flexibility index (Phi) is 5.08. The first-order chi connectivity index (χ1) is 8.63. The van der Waals surface area contributed by atoms with E-state index in [9.17, 15) is 0 Å². The van der Waals surface area contributed by atoms with Crippen LogP contribution in [0.3, 0.4) is 0 Å². The Morgan fingerprint density at radius 2 is 2.00 bits per heavy atom. The Morgan fingerprint density at radius 1 is 1.22 bits per heavy atom. The van der Waals surface area contributed by atoms with Crippen LogP contribution in [-0.2, 0) is 0 Å². The zero-order valence-corrected chi connectivity index (χ0v) is 12.7. The fraction of sp³-hybridized carbons (Fsp3) is 1.00. The maximum Gasteiger partial charge on any atom is 0.0277 e. The third-order valence-electron chi connectivity index (χ3n) is 5.34.